The first-order valence-electron chi connectivity index (χ1n) is 5.22. The minimum absolute atomic E-state index is 0.0486. The van der Waals surface area contributed by atoms with Crippen molar-refractivity contribution in [2.45, 2.75) is 13.8 Å². The van der Waals surface area contributed by atoms with Crippen molar-refractivity contribution in [2.75, 3.05) is 18.0 Å². The smallest absolute Gasteiger partial charge is 0.129 e. The first-order chi connectivity index (χ1) is 7.71. The van der Waals surface area contributed by atoms with Crippen LogP contribution in [-0.4, -0.2) is 18.1 Å². The fourth-order valence-corrected chi connectivity index (χ4v) is 1.42. The predicted octanol–water partition coefficient (Wildman–Crippen LogP) is 1.94. The van der Waals surface area contributed by atoms with Crippen LogP contribution in [0, 0.1) is 28.6 Å². The molecular weight excluding hydrogens is 200 g/mol. The average Bonchev–Trinajstić information content (AvgIpc) is 2.35. The minimum Gasteiger partial charge on any atom is -0.356 e. The van der Waals surface area contributed by atoms with Crippen LogP contribution in [0.2, 0.25) is 0 Å². The van der Waals surface area contributed by atoms with E-state index in [0.29, 0.717) is 12.1 Å². The Kier molecular flexibility index (Phi) is 4.29. The molecule has 0 saturated carbocycles. The molecule has 0 spiro atoms. The van der Waals surface area contributed by atoms with Gasteiger partial charge in [-0.1, -0.05) is 0 Å². The molecule has 1 aromatic rings. The highest BCUT2D eigenvalue weighted by Crippen LogP contribution is 2.13. The van der Waals surface area contributed by atoms with Gasteiger partial charge in [0.05, 0.1) is 23.6 Å². The van der Waals surface area contributed by atoms with Crippen molar-refractivity contribution in [3.05, 3.63) is 23.9 Å². The lowest BCUT2D eigenvalue weighted by Crippen LogP contribution is -2.28. The summed E-state index contributed by atoms with van der Waals surface area (Å²) < 4.78 is 0. The second kappa shape index (κ2) is 5.72. The van der Waals surface area contributed by atoms with Crippen LogP contribution >= 0.6 is 0 Å². The van der Waals surface area contributed by atoms with Crippen LogP contribution in [-0.2, 0) is 0 Å². The Morgan fingerprint density at radius 1 is 1.50 bits per heavy atom. The van der Waals surface area contributed by atoms with Gasteiger partial charge in [0.15, 0.2) is 0 Å². The lowest BCUT2D eigenvalue weighted by Gasteiger charge is -2.22. The van der Waals surface area contributed by atoms with E-state index in [4.69, 9.17) is 10.5 Å². The third-order valence-electron chi connectivity index (χ3n) is 2.29. The van der Waals surface area contributed by atoms with Crippen LogP contribution in [0.5, 0.6) is 0 Å². The molecule has 4 heteroatoms. The summed E-state index contributed by atoms with van der Waals surface area (Å²) in [5, 5.41) is 17.6. The molecule has 0 amide bonds. The minimum atomic E-state index is -0.0486. The lowest BCUT2D eigenvalue weighted by molar-refractivity contribution is 0.679. The molecule has 0 aliphatic rings. The molecule has 82 valence electrons. The Hall–Kier alpha value is -2.07. The van der Waals surface area contributed by atoms with Crippen molar-refractivity contribution >= 4 is 5.82 Å². The van der Waals surface area contributed by atoms with Gasteiger partial charge in [-0.25, -0.2) is 4.98 Å². The van der Waals surface area contributed by atoms with Gasteiger partial charge in [0, 0.05) is 19.3 Å². The van der Waals surface area contributed by atoms with Gasteiger partial charge in [-0.15, -0.1) is 0 Å². The highest BCUT2D eigenvalue weighted by atomic mass is 15.2. The van der Waals surface area contributed by atoms with Gasteiger partial charge >= 0.3 is 0 Å². The summed E-state index contributed by atoms with van der Waals surface area (Å²) in [6.45, 7) is 5.28. The van der Waals surface area contributed by atoms with Gasteiger partial charge in [0.1, 0.15) is 5.82 Å². The van der Waals surface area contributed by atoms with Crippen molar-refractivity contribution in [3.63, 3.8) is 0 Å². The maximum absolute atomic E-state index is 8.80. The Bertz CT molecular complexity index is 427. The Labute approximate surface area is 95.8 Å². The number of anilines is 1. The zero-order chi connectivity index (χ0) is 12.0. The summed E-state index contributed by atoms with van der Waals surface area (Å²) in [4.78, 5) is 6.21. The summed E-state index contributed by atoms with van der Waals surface area (Å²) in [5.74, 6) is 0.705. The fraction of sp³-hybridized carbons (Fsp3) is 0.417. The molecule has 1 unspecified atom stereocenters. The van der Waals surface area contributed by atoms with Gasteiger partial charge in [0.2, 0.25) is 0 Å². The standard InChI is InChI=1S/C12H14N4/c1-3-16(9-10(2)7-13)12-6-11(8-14)4-5-15-12/h4-6,10H,3,9H2,1-2H3. The van der Waals surface area contributed by atoms with Crippen molar-refractivity contribution in [3.8, 4) is 12.1 Å². The summed E-state index contributed by atoms with van der Waals surface area (Å²) in [6, 6.07) is 7.69. The molecule has 0 fully saturated rings. The Morgan fingerprint density at radius 2 is 2.25 bits per heavy atom. The molecule has 0 radical (unpaired) electrons. The third kappa shape index (κ3) is 2.96. The SMILES string of the molecule is CCN(CC(C)C#N)c1cc(C#N)ccn1. The molecule has 0 aliphatic carbocycles. The van der Waals surface area contributed by atoms with E-state index in [1.807, 2.05) is 18.7 Å². The topological polar surface area (TPSA) is 63.7 Å². The maximum atomic E-state index is 8.80. The first-order valence-corrected chi connectivity index (χ1v) is 5.22. The van der Waals surface area contributed by atoms with Gasteiger partial charge in [-0.3, -0.25) is 0 Å². The number of rotatable bonds is 4. The van der Waals surface area contributed by atoms with Crippen LogP contribution in [0.15, 0.2) is 18.3 Å². The van der Waals surface area contributed by atoms with E-state index < -0.39 is 0 Å². The van der Waals surface area contributed by atoms with Crippen LogP contribution in [0.4, 0.5) is 5.82 Å². The van der Waals surface area contributed by atoms with Crippen molar-refractivity contribution in [1.29, 1.82) is 10.5 Å². The van der Waals surface area contributed by atoms with E-state index in [1.165, 1.54) is 0 Å². The van der Waals surface area contributed by atoms with Gasteiger partial charge in [0.25, 0.3) is 0 Å². The van der Waals surface area contributed by atoms with Crippen molar-refractivity contribution in [1.82, 2.24) is 4.98 Å². The van der Waals surface area contributed by atoms with Gasteiger partial charge < -0.3 is 4.90 Å². The maximum Gasteiger partial charge on any atom is 0.129 e. The normalized spacial score (nSPS) is 11.2. The Morgan fingerprint density at radius 3 is 2.81 bits per heavy atom. The average molecular weight is 214 g/mol. The highest BCUT2D eigenvalue weighted by Gasteiger charge is 2.10. The first kappa shape index (κ1) is 12.0. The van der Waals surface area contributed by atoms with E-state index in [-0.39, 0.29) is 5.92 Å². The second-order valence-electron chi connectivity index (χ2n) is 3.58. The molecule has 1 aromatic heterocycles. The van der Waals surface area contributed by atoms with E-state index in [2.05, 4.69) is 17.1 Å². The van der Waals surface area contributed by atoms with E-state index in [9.17, 15) is 0 Å². The lowest BCUT2D eigenvalue weighted by atomic mass is 10.2. The molecule has 0 aromatic carbocycles. The summed E-state index contributed by atoms with van der Waals surface area (Å²) in [7, 11) is 0. The molecule has 16 heavy (non-hydrogen) atoms. The second-order valence-corrected chi connectivity index (χ2v) is 3.58. The molecule has 1 heterocycles. The molecule has 0 bridgehead atoms. The van der Waals surface area contributed by atoms with Crippen LogP contribution in [0.1, 0.15) is 19.4 Å². The quantitative estimate of drug-likeness (QED) is 0.768. The predicted molar refractivity (Wildman–Crippen MR) is 61.6 cm³/mol. The van der Waals surface area contributed by atoms with Crippen molar-refractivity contribution in [2.24, 2.45) is 5.92 Å². The van der Waals surface area contributed by atoms with E-state index >= 15 is 0 Å². The number of nitriles is 2. The number of nitrogens with zero attached hydrogens (tertiary/aromatic N) is 4. The summed E-state index contributed by atoms with van der Waals surface area (Å²) >= 11 is 0. The summed E-state index contributed by atoms with van der Waals surface area (Å²) in [6.07, 6.45) is 1.62. The monoisotopic (exact) mass is 214 g/mol. The molecule has 0 N–H and O–H groups in total. The zero-order valence-corrected chi connectivity index (χ0v) is 9.51. The number of aromatic nitrogens is 1. The van der Waals surface area contributed by atoms with Gasteiger partial charge in [-0.2, -0.15) is 10.5 Å². The molecular formula is C12H14N4. The van der Waals surface area contributed by atoms with E-state index in [1.54, 1.807) is 18.3 Å². The van der Waals surface area contributed by atoms with Crippen molar-refractivity contribution < 1.29 is 0 Å². The van der Waals surface area contributed by atoms with E-state index in [0.717, 1.165) is 12.4 Å². The zero-order valence-electron chi connectivity index (χ0n) is 9.51. The molecule has 0 aliphatic heterocycles. The van der Waals surface area contributed by atoms with Crippen LogP contribution in [0.3, 0.4) is 0 Å². The van der Waals surface area contributed by atoms with Gasteiger partial charge in [-0.05, 0) is 26.0 Å². The Balaban J connectivity index is 2.88. The highest BCUT2D eigenvalue weighted by molar-refractivity contribution is 5.44. The third-order valence-corrected chi connectivity index (χ3v) is 2.29. The largest absolute Gasteiger partial charge is 0.356 e. The number of pyridine rings is 1. The van der Waals surface area contributed by atoms with Crippen LogP contribution in [0.25, 0.3) is 0 Å². The molecule has 1 rings (SSSR count). The number of hydrogen-bond acceptors (Lipinski definition) is 4. The molecule has 1 atom stereocenters. The summed E-state index contributed by atoms with van der Waals surface area (Å²) in [5.41, 5.74) is 0.591. The number of hydrogen-bond donors (Lipinski definition) is 0. The fourth-order valence-electron chi connectivity index (χ4n) is 1.42. The molecule has 4 nitrogen and oxygen atoms in total. The van der Waals surface area contributed by atoms with Crippen LogP contribution < -0.4 is 4.90 Å². The molecule has 0 saturated heterocycles.